The van der Waals surface area contributed by atoms with Crippen LogP contribution in [0, 0.1) is 6.92 Å². The molecule has 2 aromatic rings. The fraction of sp³-hybridized carbons (Fsp3) is 0.188. The topological polar surface area (TPSA) is 46.5 Å². The van der Waals surface area contributed by atoms with Gasteiger partial charge in [-0.3, -0.25) is 4.79 Å². The lowest BCUT2D eigenvalue weighted by molar-refractivity contribution is 0.0990. The van der Waals surface area contributed by atoms with Crippen molar-refractivity contribution in [2.45, 2.75) is 13.3 Å². The molecule has 3 nitrogen and oxygen atoms in total. The molecule has 1 N–H and O–H groups in total. The Morgan fingerprint density at radius 3 is 2.63 bits per heavy atom. The van der Waals surface area contributed by atoms with Crippen LogP contribution in [0.5, 0.6) is 11.5 Å². The number of phenolic OH excluding ortho intramolecular Hbond substituents is 1. The zero-order valence-electron chi connectivity index (χ0n) is 11.0. The molecule has 0 unspecified atom stereocenters. The molecule has 2 rings (SSSR count). The lowest BCUT2D eigenvalue weighted by atomic mass is 10.0. The van der Waals surface area contributed by atoms with Gasteiger partial charge in [0.15, 0.2) is 5.78 Å². The second kappa shape index (κ2) is 5.57. The first-order valence-electron chi connectivity index (χ1n) is 6.06. The van der Waals surface area contributed by atoms with Crippen molar-refractivity contribution in [1.82, 2.24) is 0 Å². The fourth-order valence-electron chi connectivity index (χ4n) is 1.98. The number of carbonyl (C=O) groups is 1. The number of hydrogen-bond donors (Lipinski definition) is 1. The van der Waals surface area contributed by atoms with Gasteiger partial charge in [0.25, 0.3) is 0 Å². The smallest absolute Gasteiger partial charge is 0.170 e. The predicted molar refractivity (Wildman–Crippen MR) is 73.9 cm³/mol. The Morgan fingerprint density at radius 2 is 2.00 bits per heavy atom. The van der Waals surface area contributed by atoms with E-state index in [-0.39, 0.29) is 18.0 Å². The second-order valence-corrected chi connectivity index (χ2v) is 4.47. The standard InChI is InChI=1S/C16H16O3/c1-11-4-3-5-12(8-11)9-15(17)14-7-6-13(19-2)10-16(14)18/h3-8,10,18H,9H2,1-2H3. The molecule has 0 spiro atoms. The highest BCUT2D eigenvalue weighted by Crippen LogP contribution is 2.24. The third-order valence-corrected chi connectivity index (χ3v) is 2.95. The monoisotopic (exact) mass is 256 g/mol. The van der Waals surface area contributed by atoms with Crippen LogP contribution in [-0.4, -0.2) is 18.0 Å². The molecule has 0 aliphatic carbocycles. The van der Waals surface area contributed by atoms with Crippen LogP contribution in [0.4, 0.5) is 0 Å². The van der Waals surface area contributed by atoms with Crippen molar-refractivity contribution in [2.75, 3.05) is 7.11 Å². The summed E-state index contributed by atoms with van der Waals surface area (Å²) in [7, 11) is 1.52. The number of phenols is 1. The number of rotatable bonds is 4. The molecule has 0 saturated carbocycles. The van der Waals surface area contributed by atoms with Crippen molar-refractivity contribution in [2.24, 2.45) is 0 Å². The lowest BCUT2D eigenvalue weighted by Crippen LogP contribution is -2.04. The molecule has 2 aromatic carbocycles. The molecule has 0 fully saturated rings. The van der Waals surface area contributed by atoms with Gasteiger partial charge < -0.3 is 9.84 Å². The largest absolute Gasteiger partial charge is 0.507 e. The lowest BCUT2D eigenvalue weighted by Gasteiger charge is -2.06. The molecule has 0 amide bonds. The predicted octanol–water partition coefficient (Wildman–Crippen LogP) is 3.13. The number of carbonyl (C=O) groups excluding carboxylic acids is 1. The second-order valence-electron chi connectivity index (χ2n) is 4.47. The van der Waals surface area contributed by atoms with Crippen molar-refractivity contribution in [3.63, 3.8) is 0 Å². The minimum atomic E-state index is -0.106. The molecule has 0 aliphatic heterocycles. The number of ketones is 1. The van der Waals surface area contributed by atoms with E-state index in [0.29, 0.717) is 11.3 Å². The Morgan fingerprint density at radius 1 is 1.21 bits per heavy atom. The highest BCUT2D eigenvalue weighted by molar-refractivity contribution is 6.00. The van der Waals surface area contributed by atoms with E-state index in [9.17, 15) is 9.90 Å². The molecule has 0 radical (unpaired) electrons. The summed E-state index contributed by atoms with van der Waals surface area (Å²) in [5, 5.41) is 9.82. The van der Waals surface area contributed by atoms with Gasteiger partial charge in [0.05, 0.1) is 12.7 Å². The average Bonchev–Trinajstić information content (AvgIpc) is 2.38. The molecule has 19 heavy (non-hydrogen) atoms. The van der Waals surface area contributed by atoms with Crippen molar-refractivity contribution >= 4 is 5.78 Å². The number of methoxy groups -OCH3 is 1. The number of aryl methyl sites for hydroxylation is 1. The molecule has 0 heterocycles. The minimum absolute atomic E-state index is 0.0444. The van der Waals surface area contributed by atoms with Gasteiger partial charge >= 0.3 is 0 Å². The van der Waals surface area contributed by atoms with Gasteiger partial charge in [0, 0.05) is 12.5 Å². The van der Waals surface area contributed by atoms with E-state index in [4.69, 9.17) is 4.74 Å². The Hall–Kier alpha value is -2.29. The third kappa shape index (κ3) is 3.13. The Kier molecular flexibility index (Phi) is 3.85. The third-order valence-electron chi connectivity index (χ3n) is 2.95. The van der Waals surface area contributed by atoms with Gasteiger partial charge in [-0.2, -0.15) is 0 Å². The highest BCUT2D eigenvalue weighted by atomic mass is 16.5. The number of benzene rings is 2. The molecule has 0 atom stereocenters. The summed E-state index contributed by atoms with van der Waals surface area (Å²) in [6.45, 7) is 1.98. The molecule has 0 aliphatic rings. The molecule has 98 valence electrons. The van der Waals surface area contributed by atoms with Crippen LogP contribution in [0.3, 0.4) is 0 Å². The van der Waals surface area contributed by atoms with Gasteiger partial charge in [-0.25, -0.2) is 0 Å². The minimum Gasteiger partial charge on any atom is -0.507 e. The molecule has 3 heteroatoms. The van der Waals surface area contributed by atoms with E-state index < -0.39 is 0 Å². The van der Waals surface area contributed by atoms with Crippen LogP contribution < -0.4 is 4.74 Å². The molecular formula is C16H16O3. The summed E-state index contributed by atoms with van der Waals surface area (Å²) in [5.41, 5.74) is 2.38. The first-order chi connectivity index (χ1) is 9.10. The fourth-order valence-corrected chi connectivity index (χ4v) is 1.98. The van der Waals surface area contributed by atoms with Crippen LogP contribution >= 0.6 is 0 Å². The molecule has 0 bridgehead atoms. The zero-order valence-corrected chi connectivity index (χ0v) is 11.0. The van der Waals surface area contributed by atoms with E-state index in [2.05, 4.69) is 0 Å². The Balaban J connectivity index is 2.20. The van der Waals surface area contributed by atoms with Gasteiger partial charge in [-0.1, -0.05) is 29.8 Å². The number of Topliss-reactive ketones (excluding diaryl/α,β-unsaturated/α-hetero) is 1. The Labute approximate surface area is 112 Å². The van der Waals surface area contributed by atoms with Gasteiger partial charge in [0.1, 0.15) is 11.5 Å². The van der Waals surface area contributed by atoms with Crippen LogP contribution in [-0.2, 0) is 6.42 Å². The summed E-state index contributed by atoms with van der Waals surface area (Å²) >= 11 is 0. The van der Waals surface area contributed by atoms with Gasteiger partial charge in [0.2, 0.25) is 0 Å². The van der Waals surface area contributed by atoms with Crippen LogP contribution in [0.2, 0.25) is 0 Å². The number of ether oxygens (including phenoxy) is 1. The average molecular weight is 256 g/mol. The normalized spacial score (nSPS) is 10.2. The highest BCUT2D eigenvalue weighted by Gasteiger charge is 2.12. The van der Waals surface area contributed by atoms with Crippen molar-refractivity contribution in [3.05, 3.63) is 59.2 Å². The summed E-state index contributed by atoms with van der Waals surface area (Å²) < 4.78 is 4.99. The van der Waals surface area contributed by atoms with E-state index in [0.717, 1.165) is 11.1 Å². The maximum atomic E-state index is 12.1. The van der Waals surface area contributed by atoms with E-state index in [1.807, 2.05) is 31.2 Å². The first kappa shape index (κ1) is 13.1. The van der Waals surface area contributed by atoms with E-state index >= 15 is 0 Å². The van der Waals surface area contributed by atoms with Crippen LogP contribution in [0.25, 0.3) is 0 Å². The van der Waals surface area contributed by atoms with Gasteiger partial charge in [-0.15, -0.1) is 0 Å². The maximum absolute atomic E-state index is 12.1. The SMILES string of the molecule is COc1ccc(C(=O)Cc2cccc(C)c2)c(O)c1. The number of hydrogen-bond acceptors (Lipinski definition) is 3. The van der Waals surface area contributed by atoms with Crippen LogP contribution in [0.1, 0.15) is 21.5 Å². The summed E-state index contributed by atoms with van der Waals surface area (Å²) in [5.74, 6) is 0.382. The van der Waals surface area contributed by atoms with Gasteiger partial charge in [-0.05, 0) is 24.6 Å². The quantitative estimate of drug-likeness (QED) is 0.855. The van der Waals surface area contributed by atoms with Crippen LogP contribution in [0.15, 0.2) is 42.5 Å². The zero-order chi connectivity index (χ0) is 13.8. The molecule has 0 aromatic heterocycles. The van der Waals surface area contributed by atoms with Crippen molar-refractivity contribution < 1.29 is 14.6 Å². The van der Waals surface area contributed by atoms with Crippen molar-refractivity contribution in [1.29, 1.82) is 0 Å². The molecule has 0 saturated heterocycles. The summed E-state index contributed by atoms with van der Waals surface area (Å²) in [6.07, 6.45) is 0.279. The maximum Gasteiger partial charge on any atom is 0.170 e. The van der Waals surface area contributed by atoms with E-state index in [1.165, 1.54) is 13.2 Å². The number of aromatic hydroxyl groups is 1. The summed E-state index contributed by atoms with van der Waals surface area (Å²) in [6, 6.07) is 12.5. The first-order valence-corrected chi connectivity index (χ1v) is 6.06. The molecular weight excluding hydrogens is 240 g/mol. The Bertz CT molecular complexity index is 603. The van der Waals surface area contributed by atoms with E-state index in [1.54, 1.807) is 12.1 Å². The van der Waals surface area contributed by atoms with Crippen molar-refractivity contribution in [3.8, 4) is 11.5 Å². The summed E-state index contributed by atoms with van der Waals surface area (Å²) in [4.78, 5) is 12.1.